The lowest BCUT2D eigenvalue weighted by molar-refractivity contribution is -0.135. The Balaban J connectivity index is 1.47. The molecule has 9 heteroatoms. The highest BCUT2D eigenvalue weighted by Gasteiger charge is 2.24. The summed E-state index contributed by atoms with van der Waals surface area (Å²) in [6, 6.07) is 21.2. The maximum Gasteiger partial charge on any atom is 0.323 e. The standard InChI is InChI=1S/C31H27N5O4/c1-35-17-25(27(37)14-11-19-6-2-3-9-22(19)30(32)33)23-13-12-21(16-26(23)35)36(18-28(38)39)31(40)24-10-4-7-20-8-5-15-34-29(20)24/h2-10,12-13,15-17H,11,14,18H2,1H3,(H3,32,33)(H,38,39). The van der Waals surface area contributed by atoms with E-state index in [1.807, 2.05) is 24.3 Å². The number of carboxylic acids is 1. The van der Waals surface area contributed by atoms with Crippen molar-refractivity contribution < 1.29 is 19.5 Å². The van der Waals surface area contributed by atoms with Gasteiger partial charge in [0.1, 0.15) is 12.4 Å². The van der Waals surface area contributed by atoms with Crippen LogP contribution < -0.4 is 10.6 Å². The Kier molecular flexibility index (Phi) is 7.11. The van der Waals surface area contributed by atoms with Crippen LogP contribution in [-0.2, 0) is 18.3 Å². The van der Waals surface area contributed by atoms with Crippen LogP contribution in [0.5, 0.6) is 0 Å². The monoisotopic (exact) mass is 533 g/mol. The summed E-state index contributed by atoms with van der Waals surface area (Å²) < 4.78 is 1.79. The zero-order chi connectivity index (χ0) is 28.4. The van der Waals surface area contributed by atoms with Gasteiger partial charge < -0.3 is 15.4 Å². The number of amidine groups is 1. The highest BCUT2D eigenvalue weighted by atomic mass is 16.4. The van der Waals surface area contributed by atoms with Crippen molar-refractivity contribution >= 4 is 51.0 Å². The first-order chi connectivity index (χ1) is 19.2. The first-order valence-electron chi connectivity index (χ1n) is 12.7. The van der Waals surface area contributed by atoms with Crippen LogP contribution in [0.25, 0.3) is 21.8 Å². The van der Waals surface area contributed by atoms with E-state index >= 15 is 0 Å². The number of nitrogens with two attached hydrogens (primary N) is 1. The maximum absolute atomic E-state index is 13.7. The predicted octanol–water partition coefficient (Wildman–Crippen LogP) is 4.56. The highest BCUT2D eigenvalue weighted by Crippen LogP contribution is 2.29. The molecule has 2 heterocycles. The number of carbonyl (C=O) groups excluding carboxylic acids is 2. The minimum Gasteiger partial charge on any atom is -0.480 e. The third-order valence-electron chi connectivity index (χ3n) is 6.92. The summed E-state index contributed by atoms with van der Waals surface area (Å²) in [7, 11) is 1.80. The van der Waals surface area contributed by atoms with Crippen LogP contribution in [0.1, 0.15) is 38.3 Å². The van der Waals surface area contributed by atoms with Gasteiger partial charge in [0.05, 0.1) is 16.6 Å². The number of carbonyl (C=O) groups is 3. The molecule has 0 aliphatic rings. The van der Waals surface area contributed by atoms with Gasteiger partial charge >= 0.3 is 5.97 Å². The minimum absolute atomic E-state index is 0.0412. The number of nitrogens with zero attached hydrogens (tertiary/aromatic N) is 3. The van der Waals surface area contributed by atoms with Gasteiger partial charge in [0.15, 0.2) is 5.78 Å². The molecule has 0 spiro atoms. The molecule has 0 fully saturated rings. The van der Waals surface area contributed by atoms with Crippen molar-refractivity contribution in [2.45, 2.75) is 12.8 Å². The summed E-state index contributed by atoms with van der Waals surface area (Å²) >= 11 is 0. The topological polar surface area (TPSA) is 142 Å². The number of ketones is 1. The van der Waals surface area contributed by atoms with Gasteiger partial charge in [0.25, 0.3) is 5.91 Å². The van der Waals surface area contributed by atoms with Gasteiger partial charge in [-0.1, -0.05) is 48.5 Å². The molecule has 9 nitrogen and oxygen atoms in total. The Labute approximate surface area is 230 Å². The highest BCUT2D eigenvalue weighted by molar-refractivity contribution is 6.15. The van der Waals surface area contributed by atoms with Crippen molar-refractivity contribution in [2.75, 3.05) is 11.4 Å². The Bertz CT molecular complexity index is 1800. The number of fused-ring (bicyclic) bond motifs is 2. The van der Waals surface area contributed by atoms with Gasteiger partial charge in [0.2, 0.25) is 0 Å². The molecule has 0 aliphatic heterocycles. The van der Waals surface area contributed by atoms with Crippen molar-refractivity contribution in [1.29, 1.82) is 5.41 Å². The zero-order valence-corrected chi connectivity index (χ0v) is 21.8. The Hall–Kier alpha value is -5.31. The van der Waals surface area contributed by atoms with E-state index in [0.717, 1.165) is 10.9 Å². The number of aromatic nitrogens is 2. The first-order valence-corrected chi connectivity index (χ1v) is 12.7. The van der Waals surface area contributed by atoms with Crippen molar-refractivity contribution in [3.05, 3.63) is 107 Å². The number of rotatable bonds is 9. The van der Waals surface area contributed by atoms with Crippen molar-refractivity contribution in [2.24, 2.45) is 12.8 Å². The van der Waals surface area contributed by atoms with Crippen LogP contribution in [0, 0.1) is 5.41 Å². The summed E-state index contributed by atoms with van der Waals surface area (Å²) in [6.07, 6.45) is 3.99. The number of hydrogen-bond acceptors (Lipinski definition) is 5. The van der Waals surface area contributed by atoms with E-state index in [9.17, 15) is 19.5 Å². The minimum atomic E-state index is -1.16. The van der Waals surface area contributed by atoms with E-state index in [0.29, 0.717) is 45.2 Å². The number of aryl methyl sites for hydroxylation is 2. The summed E-state index contributed by atoms with van der Waals surface area (Å²) in [4.78, 5) is 44.3. The molecule has 0 radical (unpaired) electrons. The average Bonchev–Trinajstić information content (AvgIpc) is 3.29. The number of pyridine rings is 1. The van der Waals surface area contributed by atoms with Gasteiger partial charge in [-0.2, -0.15) is 0 Å². The van der Waals surface area contributed by atoms with Crippen LogP contribution in [0.15, 0.2) is 85.2 Å². The maximum atomic E-state index is 13.7. The number of carboxylic acid groups (broad SMARTS) is 1. The van der Waals surface area contributed by atoms with Gasteiger partial charge in [-0.3, -0.25) is 29.7 Å². The number of aliphatic carboxylic acids is 1. The molecular formula is C31H27N5O4. The molecule has 3 aromatic carbocycles. The van der Waals surface area contributed by atoms with E-state index < -0.39 is 18.4 Å². The molecule has 5 rings (SSSR count). The summed E-state index contributed by atoms with van der Waals surface area (Å²) in [5.74, 6) is -1.76. The summed E-state index contributed by atoms with van der Waals surface area (Å²) in [5.41, 5.74) is 9.53. The number of nitrogens with one attached hydrogen (secondary N) is 1. The molecule has 0 bridgehead atoms. The second-order valence-electron chi connectivity index (χ2n) is 9.51. The van der Waals surface area contributed by atoms with Crippen LogP contribution in [-0.4, -0.2) is 44.7 Å². The fourth-order valence-electron chi connectivity index (χ4n) is 4.98. The third-order valence-corrected chi connectivity index (χ3v) is 6.92. The number of nitrogen functional groups attached to an aromatic ring is 1. The molecule has 0 saturated heterocycles. The van der Waals surface area contributed by atoms with Crippen LogP contribution in [0.3, 0.4) is 0 Å². The second-order valence-corrected chi connectivity index (χ2v) is 9.51. The van der Waals surface area contributed by atoms with Crippen molar-refractivity contribution in [3.63, 3.8) is 0 Å². The number of benzene rings is 3. The normalized spacial score (nSPS) is 11.0. The lowest BCUT2D eigenvalue weighted by Gasteiger charge is -2.22. The second kappa shape index (κ2) is 10.8. The number of amides is 1. The van der Waals surface area contributed by atoms with E-state index in [1.165, 1.54) is 4.90 Å². The molecule has 40 heavy (non-hydrogen) atoms. The molecule has 200 valence electrons. The zero-order valence-electron chi connectivity index (χ0n) is 21.8. The summed E-state index contributed by atoms with van der Waals surface area (Å²) in [5, 5.41) is 18.9. The number of Topliss-reactive ketones (excluding diaryl/α,β-unsaturated/α-hetero) is 1. The lowest BCUT2D eigenvalue weighted by atomic mass is 9.98. The molecule has 0 aliphatic carbocycles. The van der Waals surface area contributed by atoms with Crippen LogP contribution in [0.4, 0.5) is 5.69 Å². The number of para-hydroxylation sites is 1. The molecular weight excluding hydrogens is 506 g/mol. The first kappa shape index (κ1) is 26.3. The third kappa shape index (κ3) is 5.04. The Morgan fingerprint density at radius 3 is 2.50 bits per heavy atom. The largest absolute Gasteiger partial charge is 0.480 e. The SMILES string of the molecule is Cn1cc(C(=O)CCc2ccccc2C(=N)N)c2ccc(N(CC(=O)O)C(=O)c3cccc4cccnc34)cc21. The van der Waals surface area contributed by atoms with Gasteiger partial charge in [-0.15, -0.1) is 0 Å². The summed E-state index contributed by atoms with van der Waals surface area (Å²) in [6.45, 7) is -0.542. The smallest absolute Gasteiger partial charge is 0.323 e. The number of anilines is 1. The number of hydrogen-bond donors (Lipinski definition) is 3. The lowest BCUT2D eigenvalue weighted by Crippen LogP contribution is -2.36. The van der Waals surface area contributed by atoms with Gasteiger partial charge in [0, 0.05) is 53.4 Å². The van der Waals surface area contributed by atoms with Crippen molar-refractivity contribution in [3.8, 4) is 0 Å². The quantitative estimate of drug-likeness (QED) is 0.144. The fourth-order valence-corrected chi connectivity index (χ4v) is 4.98. The Morgan fingerprint density at radius 2 is 1.73 bits per heavy atom. The van der Waals surface area contributed by atoms with Crippen LogP contribution in [0.2, 0.25) is 0 Å². The molecule has 1 amide bonds. The predicted molar refractivity (Wildman–Crippen MR) is 154 cm³/mol. The van der Waals surface area contributed by atoms with E-state index in [1.54, 1.807) is 72.5 Å². The molecule has 0 unspecified atom stereocenters. The molecule has 4 N–H and O–H groups in total. The van der Waals surface area contributed by atoms with Gasteiger partial charge in [-0.05, 0) is 36.2 Å². The Morgan fingerprint density at radius 1 is 0.975 bits per heavy atom. The molecule has 5 aromatic rings. The van der Waals surface area contributed by atoms with E-state index in [2.05, 4.69) is 4.98 Å². The van der Waals surface area contributed by atoms with Gasteiger partial charge in [-0.25, -0.2) is 0 Å². The molecule has 0 saturated carbocycles. The average molecular weight is 534 g/mol. The van der Waals surface area contributed by atoms with E-state index in [-0.39, 0.29) is 18.0 Å². The molecule has 2 aromatic heterocycles. The van der Waals surface area contributed by atoms with E-state index in [4.69, 9.17) is 11.1 Å². The van der Waals surface area contributed by atoms with Crippen LogP contribution >= 0.6 is 0 Å². The fraction of sp³-hybridized carbons (Fsp3) is 0.129. The molecule has 0 atom stereocenters. The van der Waals surface area contributed by atoms with Crippen molar-refractivity contribution in [1.82, 2.24) is 9.55 Å².